The number of nitrogens with zero attached hydrogens (tertiary/aromatic N) is 5. The van der Waals surface area contributed by atoms with Crippen LogP contribution in [0.2, 0.25) is 0 Å². The van der Waals surface area contributed by atoms with Gasteiger partial charge in [0, 0.05) is 56.1 Å². The monoisotopic (exact) mass is 647 g/mol. The maximum Gasteiger partial charge on any atom is 0.164 e. The Kier molecular flexibility index (Phi) is 6.97. The van der Waals surface area contributed by atoms with Gasteiger partial charge in [-0.15, -0.1) is 0 Å². The summed E-state index contributed by atoms with van der Waals surface area (Å²) in [4.78, 5) is 15.4. The fraction of sp³-hybridized carbons (Fsp3) is 0.178. The molecule has 0 saturated heterocycles. The molecule has 0 bridgehead atoms. The average Bonchev–Trinajstić information content (AvgIpc) is 3.71. The lowest BCUT2D eigenvalue weighted by Gasteiger charge is -2.20. The highest BCUT2D eigenvalue weighted by molar-refractivity contribution is 5.93. The summed E-state index contributed by atoms with van der Waals surface area (Å²) < 4.78 is 5.07. The van der Waals surface area contributed by atoms with E-state index in [9.17, 15) is 0 Å². The highest BCUT2D eigenvalue weighted by Crippen LogP contribution is 2.40. The Morgan fingerprint density at radius 2 is 1.10 bits per heavy atom. The third-order valence-corrected chi connectivity index (χ3v) is 10.7. The Labute approximate surface area is 292 Å². The first-order valence-corrected chi connectivity index (χ1v) is 18.0. The molecule has 0 amide bonds. The van der Waals surface area contributed by atoms with Crippen LogP contribution in [0.3, 0.4) is 0 Å². The van der Waals surface area contributed by atoms with Crippen molar-refractivity contribution in [2.45, 2.75) is 51.4 Å². The summed E-state index contributed by atoms with van der Waals surface area (Å²) >= 11 is 0. The summed E-state index contributed by atoms with van der Waals surface area (Å²) in [5, 5.41) is 1.29. The van der Waals surface area contributed by atoms with E-state index in [1.807, 2.05) is 36.4 Å². The maximum atomic E-state index is 5.20. The Morgan fingerprint density at radius 3 is 1.86 bits per heavy atom. The van der Waals surface area contributed by atoms with Gasteiger partial charge >= 0.3 is 0 Å². The molecule has 5 heteroatoms. The zero-order valence-electron chi connectivity index (χ0n) is 28.0. The Balaban J connectivity index is 1.27. The Morgan fingerprint density at radius 1 is 0.480 bits per heavy atom. The minimum absolute atomic E-state index is 0.675. The summed E-state index contributed by atoms with van der Waals surface area (Å²) in [6.45, 7) is 0. The fourth-order valence-electron chi connectivity index (χ4n) is 8.45. The van der Waals surface area contributed by atoms with Gasteiger partial charge in [-0.3, -0.25) is 0 Å². The molecular weight excluding hydrogens is 611 g/mol. The number of aromatic nitrogens is 5. The van der Waals surface area contributed by atoms with Crippen molar-refractivity contribution in [1.29, 1.82) is 0 Å². The average molecular weight is 648 g/mol. The number of fused-ring (bicyclic) bond motifs is 6. The van der Waals surface area contributed by atoms with E-state index >= 15 is 0 Å². The molecule has 3 aromatic heterocycles. The quantitative estimate of drug-likeness (QED) is 0.187. The van der Waals surface area contributed by atoms with Crippen LogP contribution in [0.5, 0.6) is 0 Å². The zero-order chi connectivity index (χ0) is 33.0. The molecule has 0 unspecified atom stereocenters. The van der Waals surface area contributed by atoms with Crippen LogP contribution in [0.4, 0.5) is 0 Å². The second-order valence-electron chi connectivity index (χ2n) is 13.7. The van der Waals surface area contributed by atoms with Gasteiger partial charge in [-0.05, 0) is 92.8 Å². The molecule has 0 saturated carbocycles. The highest BCUT2D eigenvalue weighted by Gasteiger charge is 2.27. The second kappa shape index (κ2) is 12.0. The van der Waals surface area contributed by atoms with E-state index in [0.717, 1.165) is 54.5 Å². The summed E-state index contributed by atoms with van der Waals surface area (Å²) in [6, 6.07) is 36.4. The van der Waals surface area contributed by atoms with Crippen molar-refractivity contribution in [2.75, 3.05) is 0 Å². The van der Waals surface area contributed by atoms with E-state index in [1.54, 1.807) is 11.1 Å². The van der Waals surface area contributed by atoms with Crippen LogP contribution in [-0.2, 0) is 25.7 Å². The van der Waals surface area contributed by atoms with Gasteiger partial charge in [0.25, 0.3) is 0 Å². The molecule has 0 aliphatic heterocycles. The van der Waals surface area contributed by atoms with Crippen molar-refractivity contribution >= 4 is 23.1 Å². The molecule has 10 rings (SSSR count). The van der Waals surface area contributed by atoms with Crippen molar-refractivity contribution < 1.29 is 0 Å². The molecule has 0 spiro atoms. The minimum Gasteiger partial charge on any atom is -0.314 e. The predicted octanol–water partition coefficient (Wildman–Crippen LogP) is 10.4. The van der Waals surface area contributed by atoms with Gasteiger partial charge in [-0.1, -0.05) is 97.1 Å². The number of para-hydroxylation sites is 1. The summed E-state index contributed by atoms with van der Waals surface area (Å²) in [6.07, 6.45) is 18.4. The van der Waals surface area contributed by atoms with E-state index in [1.165, 1.54) is 58.5 Å². The first kappa shape index (κ1) is 29.1. The SMILES string of the molecule is C1=Cc2c(c3c(n2-c2cc(-c4nc(-c5ccccc5)nc(-c5ccccc5)n4)cc(-n4c5c(c6ccccc64)C=CCC5)c2)CCCC3)CC1. The van der Waals surface area contributed by atoms with Crippen molar-refractivity contribution in [3.05, 3.63) is 149 Å². The summed E-state index contributed by atoms with van der Waals surface area (Å²) in [7, 11) is 0. The van der Waals surface area contributed by atoms with E-state index in [0.29, 0.717) is 17.5 Å². The molecule has 0 atom stereocenters. The number of hydrogen-bond donors (Lipinski definition) is 0. The van der Waals surface area contributed by atoms with E-state index in [2.05, 4.69) is 100 Å². The zero-order valence-corrected chi connectivity index (χ0v) is 28.0. The molecule has 3 aliphatic carbocycles. The molecular formula is C45H37N5. The molecule has 0 fully saturated rings. The molecule has 50 heavy (non-hydrogen) atoms. The van der Waals surface area contributed by atoms with Crippen LogP contribution >= 0.6 is 0 Å². The van der Waals surface area contributed by atoms with Crippen molar-refractivity contribution in [3.8, 4) is 45.5 Å². The van der Waals surface area contributed by atoms with Gasteiger partial charge < -0.3 is 9.13 Å². The molecule has 0 radical (unpaired) electrons. The molecule has 7 aromatic rings. The van der Waals surface area contributed by atoms with E-state index in [4.69, 9.17) is 15.0 Å². The Bertz CT molecular complexity index is 2420. The molecule has 4 aromatic carbocycles. The van der Waals surface area contributed by atoms with E-state index < -0.39 is 0 Å². The van der Waals surface area contributed by atoms with Crippen LogP contribution in [0.25, 0.3) is 68.6 Å². The lowest BCUT2D eigenvalue weighted by molar-refractivity contribution is 0.660. The Hall–Kier alpha value is -5.81. The first-order chi connectivity index (χ1) is 24.8. The van der Waals surface area contributed by atoms with Gasteiger partial charge in [-0.2, -0.15) is 0 Å². The van der Waals surface area contributed by atoms with Crippen LogP contribution in [-0.4, -0.2) is 24.1 Å². The van der Waals surface area contributed by atoms with E-state index in [-0.39, 0.29) is 0 Å². The van der Waals surface area contributed by atoms with Gasteiger partial charge in [-0.25, -0.2) is 15.0 Å². The molecule has 3 heterocycles. The van der Waals surface area contributed by atoms with Crippen molar-refractivity contribution in [2.24, 2.45) is 0 Å². The fourth-order valence-corrected chi connectivity index (χ4v) is 8.45. The van der Waals surface area contributed by atoms with Crippen LogP contribution < -0.4 is 0 Å². The van der Waals surface area contributed by atoms with Crippen LogP contribution in [0.15, 0.2) is 115 Å². The largest absolute Gasteiger partial charge is 0.314 e. The third-order valence-electron chi connectivity index (χ3n) is 10.7. The lowest BCUT2D eigenvalue weighted by atomic mass is 9.91. The smallest absolute Gasteiger partial charge is 0.164 e. The third kappa shape index (κ3) is 4.79. The second-order valence-corrected chi connectivity index (χ2v) is 13.7. The summed E-state index contributed by atoms with van der Waals surface area (Å²) in [5.41, 5.74) is 15.1. The normalized spacial score (nSPS) is 14.8. The molecule has 5 nitrogen and oxygen atoms in total. The molecule has 242 valence electrons. The summed E-state index contributed by atoms with van der Waals surface area (Å²) in [5.74, 6) is 2.03. The topological polar surface area (TPSA) is 48.5 Å². The number of rotatable bonds is 5. The van der Waals surface area contributed by atoms with Crippen LogP contribution in [0.1, 0.15) is 59.5 Å². The number of allylic oxidation sites excluding steroid dienone is 2. The van der Waals surface area contributed by atoms with Gasteiger partial charge in [0.05, 0.1) is 5.52 Å². The van der Waals surface area contributed by atoms with Gasteiger partial charge in [0.15, 0.2) is 17.5 Å². The highest BCUT2D eigenvalue weighted by atomic mass is 15.1. The van der Waals surface area contributed by atoms with Gasteiger partial charge in [0.1, 0.15) is 0 Å². The number of hydrogen-bond acceptors (Lipinski definition) is 3. The van der Waals surface area contributed by atoms with Gasteiger partial charge in [0.2, 0.25) is 0 Å². The molecule has 0 N–H and O–H groups in total. The van der Waals surface area contributed by atoms with Crippen LogP contribution in [0, 0.1) is 0 Å². The predicted molar refractivity (Wildman–Crippen MR) is 204 cm³/mol. The minimum atomic E-state index is 0.675. The maximum absolute atomic E-state index is 5.20. The lowest BCUT2D eigenvalue weighted by Crippen LogP contribution is -2.10. The van der Waals surface area contributed by atoms with Crippen molar-refractivity contribution in [1.82, 2.24) is 24.1 Å². The standard InChI is InChI=1S/C45H37N5/c1-3-15-30(16-4-1)43-46-44(31-17-5-2-6-18-31)48-45(47-43)32-27-33(49-39-23-11-7-19-35(39)36-20-8-12-24-40(36)49)29-34(28-32)50-41-25-13-9-21-37(41)38-22-10-14-26-42(38)50/h1-8,11,13,15-20,23,25,27-29H,9-10,12,14,21-22,24,26H2. The first-order valence-electron chi connectivity index (χ1n) is 18.0. The van der Waals surface area contributed by atoms with Crippen molar-refractivity contribution in [3.63, 3.8) is 0 Å². The number of benzene rings is 4. The molecule has 3 aliphatic rings.